The number of nitrogens with one attached hydrogen (secondary N) is 2. The number of carbonyl (C=O) groups excluding carboxylic acids is 1. The van der Waals surface area contributed by atoms with Crippen LogP contribution in [0.25, 0.3) is 11.0 Å². The lowest BCUT2D eigenvalue weighted by molar-refractivity contribution is -0.120. The van der Waals surface area contributed by atoms with E-state index in [1.165, 1.54) is 6.20 Å². The Morgan fingerprint density at radius 2 is 2.20 bits per heavy atom. The van der Waals surface area contributed by atoms with Crippen molar-refractivity contribution in [3.63, 3.8) is 0 Å². The fourth-order valence-corrected chi connectivity index (χ4v) is 3.28. The summed E-state index contributed by atoms with van der Waals surface area (Å²) in [4.78, 5) is 30.6. The summed E-state index contributed by atoms with van der Waals surface area (Å²) in [6, 6.07) is 5.38. The van der Waals surface area contributed by atoms with Crippen molar-refractivity contribution in [1.82, 2.24) is 19.9 Å². The molecular weight excluding hydrogens is 340 g/mol. The molecule has 0 aliphatic carbocycles. The number of rotatable bonds is 3. The van der Waals surface area contributed by atoms with E-state index >= 15 is 0 Å². The van der Waals surface area contributed by atoms with E-state index in [0.29, 0.717) is 17.4 Å². The van der Waals surface area contributed by atoms with E-state index in [4.69, 9.17) is 11.6 Å². The van der Waals surface area contributed by atoms with Crippen LogP contribution in [-0.2, 0) is 4.79 Å². The van der Waals surface area contributed by atoms with Crippen molar-refractivity contribution in [3.05, 3.63) is 41.9 Å². The molecule has 0 spiro atoms. The highest BCUT2D eigenvalue weighted by atomic mass is 35.5. The van der Waals surface area contributed by atoms with Gasteiger partial charge in [0.15, 0.2) is 0 Å². The number of H-pyrrole nitrogens is 1. The van der Waals surface area contributed by atoms with Crippen LogP contribution in [0.15, 0.2) is 36.9 Å². The zero-order valence-corrected chi connectivity index (χ0v) is 14.2. The van der Waals surface area contributed by atoms with Crippen molar-refractivity contribution in [2.24, 2.45) is 5.92 Å². The summed E-state index contributed by atoms with van der Waals surface area (Å²) in [5.74, 6) is 1.24. The van der Waals surface area contributed by atoms with Crippen molar-refractivity contribution in [2.45, 2.75) is 12.8 Å². The topological polar surface area (TPSA) is 86.8 Å². The summed E-state index contributed by atoms with van der Waals surface area (Å²) in [6.07, 6.45) is 6.70. The predicted molar refractivity (Wildman–Crippen MR) is 96.7 cm³/mol. The normalized spacial score (nSPS) is 17.6. The standard InChI is InChI=1S/C17H17ClN6O/c18-12-3-4-14(20-8-12)23-17(25)11-2-1-7-24(9-11)16-13-5-6-19-15(13)21-10-22-16/h3-6,8,10-11H,1-2,7,9H2,(H,19,21,22)(H,20,23,25)/t11-/m0/s1. The Hall–Kier alpha value is -2.67. The van der Waals surface area contributed by atoms with Crippen molar-refractivity contribution in [1.29, 1.82) is 0 Å². The number of aromatic amines is 1. The van der Waals surface area contributed by atoms with Gasteiger partial charge < -0.3 is 15.2 Å². The summed E-state index contributed by atoms with van der Waals surface area (Å²) >= 11 is 5.83. The molecule has 8 heteroatoms. The first kappa shape index (κ1) is 15.8. The van der Waals surface area contributed by atoms with Gasteiger partial charge in [-0.2, -0.15) is 0 Å². The molecule has 1 fully saturated rings. The van der Waals surface area contributed by atoms with Crippen LogP contribution in [0, 0.1) is 5.92 Å². The highest BCUT2D eigenvalue weighted by Crippen LogP contribution is 2.27. The molecule has 0 saturated carbocycles. The number of halogens is 1. The second-order valence-electron chi connectivity index (χ2n) is 6.07. The number of hydrogen-bond donors (Lipinski definition) is 2. The van der Waals surface area contributed by atoms with Gasteiger partial charge >= 0.3 is 0 Å². The van der Waals surface area contributed by atoms with Crippen LogP contribution in [0.5, 0.6) is 0 Å². The van der Waals surface area contributed by atoms with Crippen molar-refractivity contribution in [2.75, 3.05) is 23.3 Å². The van der Waals surface area contributed by atoms with Crippen molar-refractivity contribution < 1.29 is 4.79 Å². The maximum absolute atomic E-state index is 12.6. The summed E-state index contributed by atoms with van der Waals surface area (Å²) in [5, 5.41) is 4.39. The summed E-state index contributed by atoms with van der Waals surface area (Å²) in [7, 11) is 0. The van der Waals surface area contributed by atoms with E-state index < -0.39 is 0 Å². The Morgan fingerprint density at radius 1 is 1.28 bits per heavy atom. The molecule has 3 aromatic rings. The van der Waals surface area contributed by atoms with Crippen LogP contribution < -0.4 is 10.2 Å². The first-order valence-electron chi connectivity index (χ1n) is 8.16. The van der Waals surface area contributed by atoms with Crippen molar-refractivity contribution >= 4 is 40.2 Å². The monoisotopic (exact) mass is 356 g/mol. The van der Waals surface area contributed by atoms with E-state index in [-0.39, 0.29) is 11.8 Å². The van der Waals surface area contributed by atoms with Crippen LogP contribution in [0.2, 0.25) is 5.02 Å². The Labute approximate surface area is 149 Å². The molecule has 0 unspecified atom stereocenters. The van der Waals surface area contributed by atoms with E-state index in [0.717, 1.165) is 36.2 Å². The Morgan fingerprint density at radius 3 is 3.04 bits per heavy atom. The summed E-state index contributed by atoms with van der Waals surface area (Å²) < 4.78 is 0. The fourth-order valence-electron chi connectivity index (χ4n) is 3.17. The average Bonchev–Trinajstić information content (AvgIpc) is 3.12. The fraction of sp³-hybridized carbons (Fsp3) is 0.294. The van der Waals surface area contributed by atoms with Gasteiger partial charge in [0, 0.05) is 25.5 Å². The molecule has 1 aliphatic rings. The Balaban J connectivity index is 1.50. The van der Waals surface area contributed by atoms with Gasteiger partial charge in [0.1, 0.15) is 23.6 Å². The number of carbonyl (C=O) groups is 1. The SMILES string of the molecule is O=C(Nc1ccc(Cl)cn1)[C@H]1CCCN(c2ncnc3[nH]ccc23)C1. The van der Waals surface area contributed by atoms with Crippen molar-refractivity contribution in [3.8, 4) is 0 Å². The lowest BCUT2D eigenvalue weighted by Gasteiger charge is -2.33. The van der Waals surface area contributed by atoms with Gasteiger partial charge in [0.2, 0.25) is 5.91 Å². The number of pyridine rings is 1. The molecule has 2 N–H and O–H groups in total. The van der Waals surface area contributed by atoms with Gasteiger partial charge in [0.05, 0.1) is 16.3 Å². The zero-order valence-electron chi connectivity index (χ0n) is 13.4. The number of fused-ring (bicyclic) bond motifs is 1. The van der Waals surface area contributed by atoms with Gasteiger partial charge in [-0.15, -0.1) is 0 Å². The first-order chi connectivity index (χ1) is 12.2. The third-order valence-corrected chi connectivity index (χ3v) is 4.63. The van der Waals surface area contributed by atoms with Gasteiger partial charge in [-0.05, 0) is 31.0 Å². The number of aromatic nitrogens is 4. The molecule has 4 heterocycles. The second-order valence-corrected chi connectivity index (χ2v) is 6.51. The molecule has 7 nitrogen and oxygen atoms in total. The maximum atomic E-state index is 12.6. The molecule has 3 aromatic heterocycles. The van der Waals surface area contributed by atoms with E-state index in [9.17, 15) is 4.79 Å². The van der Waals surface area contributed by atoms with E-state index in [1.54, 1.807) is 18.5 Å². The molecule has 25 heavy (non-hydrogen) atoms. The molecule has 0 aromatic carbocycles. The highest BCUT2D eigenvalue weighted by molar-refractivity contribution is 6.30. The van der Waals surface area contributed by atoms with Crippen LogP contribution in [0.1, 0.15) is 12.8 Å². The second kappa shape index (κ2) is 6.68. The Bertz CT molecular complexity index is 894. The third-order valence-electron chi connectivity index (χ3n) is 4.40. The molecule has 0 radical (unpaired) electrons. The lowest BCUT2D eigenvalue weighted by atomic mass is 9.97. The predicted octanol–water partition coefficient (Wildman–Crippen LogP) is 2.86. The molecule has 128 valence electrons. The maximum Gasteiger partial charge on any atom is 0.230 e. The van der Waals surface area contributed by atoms with Gasteiger partial charge in [-0.3, -0.25) is 4.79 Å². The molecule has 0 bridgehead atoms. The highest BCUT2D eigenvalue weighted by Gasteiger charge is 2.27. The minimum atomic E-state index is -0.116. The summed E-state index contributed by atoms with van der Waals surface area (Å²) in [6.45, 7) is 1.50. The largest absolute Gasteiger partial charge is 0.355 e. The number of hydrogen-bond acceptors (Lipinski definition) is 5. The van der Waals surface area contributed by atoms with Crippen LogP contribution in [0.4, 0.5) is 11.6 Å². The van der Waals surface area contributed by atoms with Gasteiger partial charge in [0.25, 0.3) is 0 Å². The minimum Gasteiger partial charge on any atom is -0.355 e. The lowest BCUT2D eigenvalue weighted by Crippen LogP contribution is -2.41. The summed E-state index contributed by atoms with van der Waals surface area (Å²) in [5.41, 5.74) is 0.807. The van der Waals surface area contributed by atoms with E-state index in [1.807, 2.05) is 12.3 Å². The van der Waals surface area contributed by atoms with Gasteiger partial charge in [-0.25, -0.2) is 15.0 Å². The average molecular weight is 357 g/mol. The molecule has 1 aliphatic heterocycles. The smallest absolute Gasteiger partial charge is 0.230 e. The zero-order chi connectivity index (χ0) is 17.2. The number of anilines is 2. The Kier molecular flexibility index (Phi) is 4.23. The number of amides is 1. The van der Waals surface area contributed by atoms with E-state index in [2.05, 4.69) is 30.2 Å². The van der Waals surface area contributed by atoms with Gasteiger partial charge in [-0.1, -0.05) is 11.6 Å². The third kappa shape index (κ3) is 3.28. The van der Waals surface area contributed by atoms with Crippen LogP contribution in [-0.4, -0.2) is 38.9 Å². The molecule has 1 amide bonds. The number of nitrogens with zero attached hydrogens (tertiary/aromatic N) is 4. The molecule has 1 saturated heterocycles. The first-order valence-corrected chi connectivity index (χ1v) is 8.54. The van der Waals surface area contributed by atoms with Crippen LogP contribution in [0.3, 0.4) is 0 Å². The quantitative estimate of drug-likeness (QED) is 0.753. The minimum absolute atomic E-state index is 0.0288. The molecule has 1 atom stereocenters. The molecule has 4 rings (SSSR count). The molecular formula is C17H17ClN6O. The van der Waals surface area contributed by atoms with Crippen LogP contribution >= 0.6 is 11.6 Å². The number of piperidine rings is 1.